The summed E-state index contributed by atoms with van der Waals surface area (Å²) < 4.78 is 1.81. The molecule has 0 radical (unpaired) electrons. The third-order valence-electron chi connectivity index (χ3n) is 5.35. The molecule has 2 N–H and O–H groups in total. The van der Waals surface area contributed by atoms with Crippen LogP contribution in [0.1, 0.15) is 27.3 Å². The topological polar surface area (TPSA) is 91.6 Å². The van der Waals surface area contributed by atoms with Gasteiger partial charge in [0.25, 0.3) is 0 Å². The Kier molecular flexibility index (Phi) is 5.29. The quantitative estimate of drug-likeness (QED) is 0.587. The summed E-state index contributed by atoms with van der Waals surface area (Å²) >= 11 is 6.50. The zero-order valence-electron chi connectivity index (χ0n) is 16.9. The Bertz CT molecular complexity index is 1180. The van der Waals surface area contributed by atoms with E-state index in [1.54, 1.807) is 0 Å². The van der Waals surface area contributed by atoms with Crippen LogP contribution in [0.4, 0.5) is 11.4 Å². The fourth-order valence-electron chi connectivity index (χ4n) is 3.72. The average molecular weight is 438 g/mol. The van der Waals surface area contributed by atoms with Gasteiger partial charge in [0.05, 0.1) is 22.9 Å². The number of carbonyl (C=O) groups is 3. The van der Waals surface area contributed by atoms with Gasteiger partial charge in [-0.15, -0.1) is 0 Å². The fraction of sp³-hybridized carbons (Fsp3) is 0.174. The molecule has 8 heteroatoms. The second-order valence-corrected chi connectivity index (χ2v) is 7.87. The van der Waals surface area contributed by atoms with Crippen LogP contribution in [-0.2, 0) is 16.1 Å². The molecule has 4 rings (SSSR count). The van der Waals surface area contributed by atoms with Gasteiger partial charge in [-0.05, 0) is 43.7 Å². The smallest absolute Gasteiger partial charge is 0.324 e. The molecule has 7 nitrogen and oxygen atoms in total. The number of carbonyl (C=O) groups excluding carboxylic acids is 2. The van der Waals surface area contributed by atoms with Gasteiger partial charge in [0, 0.05) is 17.0 Å². The molecule has 1 unspecified atom stereocenters. The average Bonchev–Trinajstić information content (AvgIpc) is 3.04. The lowest BCUT2D eigenvalue weighted by Crippen LogP contribution is -2.47. The number of Topliss-reactive ketones (excluding diaryl/α,β-unsaturated/α-hetero) is 1. The summed E-state index contributed by atoms with van der Waals surface area (Å²) in [5.74, 6) is -4.79. The summed E-state index contributed by atoms with van der Waals surface area (Å²) in [5, 5.41) is 9.88. The van der Waals surface area contributed by atoms with E-state index in [9.17, 15) is 19.5 Å². The van der Waals surface area contributed by atoms with Crippen molar-refractivity contribution in [3.05, 3.63) is 82.1 Å². The highest BCUT2D eigenvalue weighted by molar-refractivity contribution is 6.35. The number of fused-ring (bicyclic) bond motifs is 1. The number of hydrogen-bond acceptors (Lipinski definition) is 4. The van der Waals surface area contributed by atoms with E-state index in [4.69, 9.17) is 11.6 Å². The minimum Gasteiger partial charge on any atom is -0.480 e. The van der Waals surface area contributed by atoms with E-state index in [1.807, 2.05) is 61.0 Å². The number of nitrogens with zero attached hydrogens (tertiary/aromatic N) is 2. The van der Waals surface area contributed by atoms with Crippen molar-refractivity contribution in [2.45, 2.75) is 20.4 Å². The highest BCUT2D eigenvalue weighted by Gasteiger charge is 2.44. The van der Waals surface area contributed by atoms with Crippen molar-refractivity contribution in [2.75, 3.05) is 10.3 Å². The van der Waals surface area contributed by atoms with E-state index in [0.717, 1.165) is 17.0 Å². The van der Waals surface area contributed by atoms with Gasteiger partial charge in [-0.2, -0.15) is 0 Å². The van der Waals surface area contributed by atoms with Gasteiger partial charge in [-0.25, -0.2) is 0 Å². The number of anilines is 2. The molecule has 31 heavy (non-hydrogen) atoms. The lowest BCUT2D eigenvalue weighted by atomic mass is 9.89. The first-order valence-corrected chi connectivity index (χ1v) is 10.0. The fourth-order valence-corrected chi connectivity index (χ4v) is 3.92. The minimum atomic E-state index is -1.79. The van der Waals surface area contributed by atoms with Crippen LogP contribution >= 0.6 is 11.6 Å². The maximum absolute atomic E-state index is 13.0. The molecule has 0 fully saturated rings. The third-order valence-corrected chi connectivity index (χ3v) is 5.66. The number of nitrogens with one attached hydrogen (secondary N) is 1. The second kappa shape index (κ2) is 7.92. The third kappa shape index (κ3) is 3.68. The maximum atomic E-state index is 13.0. The van der Waals surface area contributed by atoms with E-state index in [-0.39, 0.29) is 12.1 Å². The molecule has 158 valence electrons. The summed E-state index contributed by atoms with van der Waals surface area (Å²) in [6.07, 6.45) is 0. The van der Waals surface area contributed by atoms with Crippen molar-refractivity contribution in [3.8, 4) is 0 Å². The molecule has 2 aromatic carbocycles. The monoisotopic (exact) mass is 437 g/mol. The van der Waals surface area contributed by atoms with E-state index in [2.05, 4.69) is 5.43 Å². The number of carboxylic acid groups (broad SMARTS) is 1. The van der Waals surface area contributed by atoms with Crippen LogP contribution in [0.15, 0.2) is 54.6 Å². The first-order chi connectivity index (χ1) is 14.8. The summed E-state index contributed by atoms with van der Waals surface area (Å²) in [5.41, 5.74) is 6.70. The summed E-state index contributed by atoms with van der Waals surface area (Å²) in [6.45, 7) is 3.96. The Morgan fingerprint density at radius 2 is 1.71 bits per heavy atom. The normalized spacial score (nSPS) is 15.7. The van der Waals surface area contributed by atoms with Crippen molar-refractivity contribution in [2.24, 2.45) is 5.92 Å². The van der Waals surface area contributed by atoms with Crippen molar-refractivity contribution in [3.63, 3.8) is 0 Å². The van der Waals surface area contributed by atoms with Gasteiger partial charge in [0.15, 0.2) is 11.7 Å². The number of amides is 1. The molecule has 3 aromatic rings. The number of aryl methyl sites for hydroxylation is 2. The number of hydrogen-bond donors (Lipinski definition) is 2. The maximum Gasteiger partial charge on any atom is 0.324 e. The lowest BCUT2D eigenvalue weighted by molar-refractivity contribution is -0.144. The molecule has 0 spiro atoms. The van der Waals surface area contributed by atoms with Crippen molar-refractivity contribution >= 4 is 40.6 Å². The van der Waals surface area contributed by atoms with Gasteiger partial charge in [0.1, 0.15) is 0 Å². The number of rotatable bonds is 5. The van der Waals surface area contributed by atoms with Crippen LogP contribution in [0, 0.1) is 19.8 Å². The molecule has 0 saturated heterocycles. The van der Waals surface area contributed by atoms with Gasteiger partial charge in [-0.3, -0.25) is 24.5 Å². The van der Waals surface area contributed by atoms with Crippen LogP contribution in [-0.4, -0.2) is 27.4 Å². The first-order valence-electron chi connectivity index (χ1n) is 9.65. The van der Waals surface area contributed by atoms with Gasteiger partial charge >= 0.3 is 5.97 Å². The zero-order chi connectivity index (χ0) is 22.3. The minimum absolute atomic E-state index is 0.128. The van der Waals surface area contributed by atoms with Gasteiger partial charge < -0.3 is 10.0 Å². The molecule has 1 aliphatic heterocycles. The molecule has 1 aromatic heterocycles. The predicted molar refractivity (Wildman–Crippen MR) is 117 cm³/mol. The second-order valence-electron chi connectivity index (χ2n) is 7.46. The van der Waals surface area contributed by atoms with E-state index >= 15 is 0 Å². The predicted octanol–water partition coefficient (Wildman–Crippen LogP) is 4.06. The van der Waals surface area contributed by atoms with Crippen molar-refractivity contribution in [1.29, 1.82) is 0 Å². The summed E-state index contributed by atoms with van der Waals surface area (Å²) in [4.78, 5) is 39.0. The van der Waals surface area contributed by atoms with Gasteiger partial charge in [0.2, 0.25) is 5.91 Å². The highest BCUT2D eigenvalue weighted by atomic mass is 35.5. The van der Waals surface area contributed by atoms with Crippen LogP contribution in [0.2, 0.25) is 5.02 Å². The zero-order valence-corrected chi connectivity index (χ0v) is 17.7. The molecular weight excluding hydrogens is 418 g/mol. The Balaban J connectivity index is 1.82. The highest BCUT2D eigenvalue weighted by Crippen LogP contribution is 2.38. The Hall–Kier alpha value is -3.58. The van der Waals surface area contributed by atoms with Crippen LogP contribution in [0.25, 0.3) is 0 Å². The lowest BCUT2D eigenvalue weighted by Gasteiger charge is -2.32. The van der Waals surface area contributed by atoms with Gasteiger partial charge in [-0.1, -0.05) is 41.9 Å². The molecule has 1 atom stereocenters. The number of halogens is 1. The van der Waals surface area contributed by atoms with E-state index in [1.165, 1.54) is 17.0 Å². The number of aliphatic carboxylic acids is 1. The van der Waals surface area contributed by atoms with Crippen LogP contribution in [0.3, 0.4) is 0 Å². The number of ketones is 1. The molecule has 0 bridgehead atoms. The SMILES string of the molecule is Cc1ccc(C)n1Nc1cc2c(cc1Cl)N(Cc1ccccc1)C(=O)C(C(=O)O)C2=O. The molecule has 0 aliphatic carbocycles. The van der Waals surface area contributed by atoms with Crippen molar-refractivity contribution in [1.82, 2.24) is 4.68 Å². The number of carboxylic acids is 1. The largest absolute Gasteiger partial charge is 0.480 e. The van der Waals surface area contributed by atoms with Crippen LogP contribution < -0.4 is 10.3 Å². The molecule has 0 saturated carbocycles. The number of aromatic nitrogens is 1. The molecule has 2 heterocycles. The molecule has 1 amide bonds. The standard InChI is InChI=1S/C23H20ClN3O4/c1-13-8-9-14(2)27(13)25-18-10-16-19(11-17(18)24)26(12-15-6-4-3-5-7-15)22(29)20(21(16)28)23(30)31/h3-11,20,25H,12H2,1-2H3,(H,30,31). The molecule has 1 aliphatic rings. The Morgan fingerprint density at radius 1 is 1.06 bits per heavy atom. The summed E-state index contributed by atoms with van der Waals surface area (Å²) in [7, 11) is 0. The first kappa shape index (κ1) is 20.7. The molecular formula is C23H20ClN3O4. The van der Waals surface area contributed by atoms with E-state index in [0.29, 0.717) is 16.4 Å². The van der Waals surface area contributed by atoms with Crippen molar-refractivity contribution < 1.29 is 19.5 Å². The Labute approximate surface area is 183 Å². The number of benzene rings is 2. The van der Waals surface area contributed by atoms with Crippen LogP contribution in [0.5, 0.6) is 0 Å². The van der Waals surface area contributed by atoms with E-state index < -0.39 is 23.6 Å². The summed E-state index contributed by atoms with van der Waals surface area (Å²) in [6, 6.07) is 16.1. The Morgan fingerprint density at radius 3 is 2.32 bits per heavy atom.